The van der Waals surface area contributed by atoms with Gasteiger partial charge in [0.05, 0.1) is 16.6 Å². The molecule has 0 amide bonds. The number of rotatable bonds is 8. The van der Waals surface area contributed by atoms with Crippen molar-refractivity contribution in [2.45, 2.75) is 45.6 Å². The van der Waals surface area contributed by atoms with E-state index < -0.39 is 0 Å². The first kappa shape index (κ1) is 22.2. The van der Waals surface area contributed by atoms with Crippen molar-refractivity contribution in [2.24, 2.45) is 4.99 Å². The number of nitrogens with one attached hydrogen (secondary N) is 2. The van der Waals surface area contributed by atoms with Gasteiger partial charge in [0, 0.05) is 30.5 Å². The zero-order valence-corrected chi connectivity index (χ0v) is 18.7. The molecule has 0 aliphatic carbocycles. The van der Waals surface area contributed by atoms with Crippen molar-refractivity contribution < 1.29 is 4.52 Å². The van der Waals surface area contributed by atoms with Crippen LogP contribution in [0.4, 0.5) is 0 Å². The maximum atomic E-state index is 5.94. The maximum absolute atomic E-state index is 5.94. The first-order chi connectivity index (χ1) is 11.7. The summed E-state index contributed by atoms with van der Waals surface area (Å²) in [5, 5.41) is 10.7. The molecule has 0 radical (unpaired) electrons. The molecular formula is C17H26ClIN4OS. The molecule has 2 aromatic heterocycles. The van der Waals surface area contributed by atoms with E-state index in [0.717, 1.165) is 47.6 Å². The SMILES string of the molecule is CCC(CC)c1cc(CNC(=NC)NCCc2ccc(Cl)s2)on1.I. The molecule has 0 aliphatic heterocycles. The Hall–Kier alpha value is -0.800. The van der Waals surface area contributed by atoms with E-state index in [1.807, 2.05) is 12.1 Å². The van der Waals surface area contributed by atoms with Crippen molar-refractivity contribution in [3.63, 3.8) is 0 Å². The van der Waals surface area contributed by atoms with Crippen LogP contribution in [0.5, 0.6) is 0 Å². The van der Waals surface area contributed by atoms with Gasteiger partial charge in [0.15, 0.2) is 11.7 Å². The molecule has 2 N–H and O–H groups in total. The van der Waals surface area contributed by atoms with Gasteiger partial charge in [-0.2, -0.15) is 0 Å². The molecule has 0 atom stereocenters. The molecule has 0 aliphatic rings. The van der Waals surface area contributed by atoms with Crippen molar-refractivity contribution >= 4 is 52.9 Å². The Balaban J connectivity index is 0.00000312. The lowest BCUT2D eigenvalue weighted by atomic mass is 9.99. The van der Waals surface area contributed by atoms with Gasteiger partial charge in [-0.1, -0.05) is 30.6 Å². The second-order valence-electron chi connectivity index (χ2n) is 5.54. The van der Waals surface area contributed by atoms with Crippen LogP contribution in [0.3, 0.4) is 0 Å². The van der Waals surface area contributed by atoms with Gasteiger partial charge in [-0.15, -0.1) is 35.3 Å². The average Bonchev–Trinajstić information content (AvgIpc) is 3.21. The Bertz CT molecular complexity index is 655. The Morgan fingerprint density at radius 3 is 2.68 bits per heavy atom. The summed E-state index contributed by atoms with van der Waals surface area (Å²) in [6.07, 6.45) is 3.07. The van der Waals surface area contributed by atoms with E-state index >= 15 is 0 Å². The van der Waals surface area contributed by atoms with Gasteiger partial charge < -0.3 is 15.2 Å². The Labute approximate surface area is 175 Å². The van der Waals surface area contributed by atoms with Gasteiger partial charge in [0.25, 0.3) is 0 Å². The van der Waals surface area contributed by atoms with Gasteiger partial charge >= 0.3 is 0 Å². The van der Waals surface area contributed by atoms with E-state index in [1.54, 1.807) is 18.4 Å². The van der Waals surface area contributed by atoms with Crippen molar-refractivity contribution in [1.82, 2.24) is 15.8 Å². The molecule has 0 bridgehead atoms. The van der Waals surface area contributed by atoms with E-state index in [-0.39, 0.29) is 24.0 Å². The summed E-state index contributed by atoms with van der Waals surface area (Å²) in [4.78, 5) is 5.48. The lowest BCUT2D eigenvalue weighted by Gasteiger charge is -2.10. The highest BCUT2D eigenvalue weighted by Crippen LogP contribution is 2.22. The van der Waals surface area contributed by atoms with Crippen LogP contribution in [-0.4, -0.2) is 24.7 Å². The predicted octanol–water partition coefficient (Wildman–Crippen LogP) is 4.82. The smallest absolute Gasteiger partial charge is 0.191 e. The molecule has 140 valence electrons. The number of aliphatic imine (C=N–C) groups is 1. The quantitative estimate of drug-likeness (QED) is 0.312. The minimum absolute atomic E-state index is 0. The van der Waals surface area contributed by atoms with E-state index in [0.29, 0.717) is 12.5 Å². The van der Waals surface area contributed by atoms with Crippen molar-refractivity contribution in [1.29, 1.82) is 0 Å². The van der Waals surface area contributed by atoms with Crippen LogP contribution in [0.1, 0.15) is 48.9 Å². The highest BCUT2D eigenvalue weighted by atomic mass is 127. The fourth-order valence-electron chi connectivity index (χ4n) is 2.49. The zero-order valence-electron chi connectivity index (χ0n) is 14.8. The number of hydrogen-bond acceptors (Lipinski definition) is 4. The molecule has 0 saturated carbocycles. The molecule has 2 aromatic rings. The molecule has 0 saturated heterocycles. The van der Waals surface area contributed by atoms with Crippen LogP contribution in [0.15, 0.2) is 27.7 Å². The fraction of sp³-hybridized carbons (Fsp3) is 0.529. The van der Waals surface area contributed by atoms with E-state index in [1.165, 1.54) is 4.88 Å². The van der Waals surface area contributed by atoms with Crippen LogP contribution in [0.25, 0.3) is 0 Å². The van der Waals surface area contributed by atoms with Gasteiger partial charge in [-0.25, -0.2) is 0 Å². The van der Waals surface area contributed by atoms with Gasteiger partial charge in [-0.05, 0) is 31.4 Å². The van der Waals surface area contributed by atoms with Crippen LogP contribution in [-0.2, 0) is 13.0 Å². The number of guanidine groups is 1. The van der Waals surface area contributed by atoms with Crippen molar-refractivity contribution in [3.05, 3.63) is 38.9 Å². The summed E-state index contributed by atoms with van der Waals surface area (Å²) >= 11 is 7.55. The zero-order chi connectivity index (χ0) is 17.4. The van der Waals surface area contributed by atoms with Crippen LogP contribution in [0, 0.1) is 0 Å². The van der Waals surface area contributed by atoms with Crippen LogP contribution < -0.4 is 10.6 Å². The molecule has 5 nitrogen and oxygen atoms in total. The average molecular weight is 497 g/mol. The molecular weight excluding hydrogens is 471 g/mol. The number of hydrogen-bond donors (Lipinski definition) is 2. The monoisotopic (exact) mass is 496 g/mol. The summed E-state index contributed by atoms with van der Waals surface area (Å²) in [5.41, 5.74) is 1.04. The van der Waals surface area contributed by atoms with Gasteiger partial charge in [0.1, 0.15) is 0 Å². The lowest BCUT2D eigenvalue weighted by Crippen LogP contribution is -2.37. The molecule has 25 heavy (non-hydrogen) atoms. The summed E-state index contributed by atoms with van der Waals surface area (Å²) in [6, 6.07) is 6.01. The number of thiophene rings is 1. The van der Waals surface area contributed by atoms with E-state index in [9.17, 15) is 0 Å². The van der Waals surface area contributed by atoms with E-state index in [2.05, 4.69) is 40.7 Å². The molecule has 2 heterocycles. The Kier molecular flexibility index (Phi) is 10.4. The normalized spacial score (nSPS) is 11.5. The number of aromatic nitrogens is 1. The Morgan fingerprint density at radius 1 is 1.32 bits per heavy atom. The molecule has 2 rings (SSSR count). The first-order valence-electron chi connectivity index (χ1n) is 8.30. The standard InChI is InChI=1S/C17H25ClN4OS.HI/c1-4-12(5-2)15-10-13(23-22-15)11-21-17(19-3)20-9-8-14-6-7-16(18)24-14;/h6-7,10,12H,4-5,8-9,11H2,1-3H3,(H2,19,20,21);1H. The highest BCUT2D eigenvalue weighted by Gasteiger charge is 2.13. The molecule has 0 unspecified atom stereocenters. The second-order valence-corrected chi connectivity index (χ2v) is 7.34. The van der Waals surface area contributed by atoms with Crippen LogP contribution >= 0.6 is 46.9 Å². The summed E-state index contributed by atoms with van der Waals surface area (Å²) in [7, 11) is 1.76. The predicted molar refractivity (Wildman–Crippen MR) is 116 cm³/mol. The van der Waals surface area contributed by atoms with Crippen molar-refractivity contribution in [3.8, 4) is 0 Å². The third kappa shape index (κ3) is 7.15. The summed E-state index contributed by atoms with van der Waals surface area (Å²) in [5.74, 6) is 2.04. The molecule has 0 spiro atoms. The number of nitrogens with zero attached hydrogens (tertiary/aromatic N) is 2. The van der Waals surface area contributed by atoms with Crippen molar-refractivity contribution in [2.75, 3.05) is 13.6 Å². The molecule has 0 fully saturated rings. The van der Waals surface area contributed by atoms with Crippen LogP contribution in [0.2, 0.25) is 4.34 Å². The minimum Gasteiger partial charge on any atom is -0.359 e. The highest BCUT2D eigenvalue weighted by molar-refractivity contribution is 14.0. The van der Waals surface area contributed by atoms with E-state index in [4.69, 9.17) is 16.1 Å². The Morgan fingerprint density at radius 2 is 2.08 bits per heavy atom. The second kappa shape index (κ2) is 11.7. The number of halogens is 2. The fourth-order valence-corrected chi connectivity index (χ4v) is 3.58. The largest absolute Gasteiger partial charge is 0.359 e. The van der Waals surface area contributed by atoms with Gasteiger partial charge in [0.2, 0.25) is 0 Å². The minimum atomic E-state index is 0. The lowest BCUT2D eigenvalue weighted by molar-refractivity contribution is 0.368. The maximum Gasteiger partial charge on any atom is 0.191 e. The third-order valence-electron chi connectivity index (χ3n) is 3.93. The third-order valence-corrected chi connectivity index (χ3v) is 5.22. The summed E-state index contributed by atoms with van der Waals surface area (Å²) < 4.78 is 6.24. The topological polar surface area (TPSA) is 62.5 Å². The van der Waals surface area contributed by atoms with Gasteiger partial charge in [-0.3, -0.25) is 4.99 Å². The molecule has 0 aromatic carbocycles. The molecule has 8 heteroatoms. The summed E-state index contributed by atoms with van der Waals surface area (Å²) in [6.45, 7) is 5.71. The first-order valence-corrected chi connectivity index (χ1v) is 9.49.